The molecule has 86 valence electrons. The molecule has 0 N–H and O–H groups in total. The highest BCUT2D eigenvalue weighted by Crippen LogP contribution is 2.33. The maximum Gasteiger partial charge on any atom is 0.161 e. The van der Waals surface area contributed by atoms with Crippen LogP contribution in [0.25, 0.3) is 0 Å². The van der Waals surface area contributed by atoms with Crippen LogP contribution in [0.3, 0.4) is 0 Å². The van der Waals surface area contributed by atoms with Crippen molar-refractivity contribution >= 4 is 0 Å². The smallest absolute Gasteiger partial charge is 0.161 e. The Bertz CT molecular complexity index is 227. The minimum absolute atomic E-state index is 0.0173. The van der Waals surface area contributed by atoms with Crippen molar-refractivity contribution in [2.75, 3.05) is 0 Å². The Morgan fingerprint density at radius 3 is 2.13 bits per heavy atom. The van der Waals surface area contributed by atoms with Gasteiger partial charge in [0.15, 0.2) is 6.29 Å². The molecule has 2 rings (SSSR count). The fourth-order valence-corrected chi connectivity index (χ4v) is 2.62. The first kappa shape index (κ1) is 11.2. The summed E-state index contributed by atoms with van der Waals surface area (Å²) in [6.07, 6.45) is 8.53. The molecule has 1 aliphatic heterocycles. The zero-order chi connectivity index (χ0) is 10.8. The van der Waals surface area contributed by atoms with Gasteiger partial charge >= 0.3 is 0 Å². The average Bonchev–Trinajstić information content (AvgIpc) is 2.16. The van der Waals surface area contributed by atoms with Crippen LogP contribution in [-0.4, -0.2) is 18.5 Å². The first-order valence-electron chi connectivity index (χ1n) is 6.12. The molecule has 15 heavy (non-hydrogen) atoms. The lowest BCUT2D eigenvalue weighted by atomic mass is 9.83. The van der Waals surface area contributed by atoms with Gasteiger partial charge in [-0.05, 0) is 39.0 Å². The quantitative estimate of drug-likeness (QED) is 0.619. The Hall–Kier alpha value is -0.340. The number of allylic oxidation sites excluding steroid dienone is 2. The van der Waals surface area contributed by atoms with Crippen LogP contribution in [0, 0.1) is 11.8 Å². The maximum absolute atomic E-state index is 5.91. The van der Waals surface area contributed by atoms with Gasteiger partial charge in [0.25, 0.3) is 0 Å². The molecule has 0 saturated carbocycles. The Kier molecular flexibility index (Phi) is 3.47. The molecular formula is C13H22O2. The highest BCUT2D eigenvalue weighted by Gasteiger charge is 2.34. The van der Waals surface area contributed by atoms with E-state index in [1.807, 2.05) is 0 Å². The molecule has 0 aromatic carbocycles. The first-order valence-corrected chi connectivity index (χ1v) is 6.12. The summed E-state index contributed by atoms with van der Waals surface area (Å²) >= 11 is 0. The SMILES string of the molecule is C[C@@H]1C[C@H](C)OC([C@H]2CC=CC[C@H]2C)O1. The van der Waals surface area contributed by atoms with Gasteiger partial charge in [0.2, 0.25) is 0 Å². The van der Waals surface area contributed by atoms with Gasteiger partial charge < -0.3 is 9.47 Å². The molecule has 1 unspecified atom stereocenters. The van der Waals surface area contributed by atoms with Crippen LogP contribution in [0.2, 0.25) is 0 Å². The average molecular weight is 210 g/mol. The van der Waals surface area contributed by atoms with E-state index in [-0.39, 0.29) is 6.29 Å². The van der Waals surface area contributed by atoms with Crippen LogP contribution in [0.15, 0.2) is 12.2 Å². The fraction of sp³-hybridized carbons (Fsp3) is 0.846. The van der Waals surface area contributed by atoms with Crippen molar-refractivity contribution in [3.05, 3.63) is 12.2 Å². The topological polar surface area (TPSA) is 18.5 Å². The minimum Gasteiger partial charge on any atom is -0.349 e. The zero-order valence-corrected chi connectivity index (χ0v) is 9.98. The molecule has 5 atom stereocenters. The van der Waals surface area contributed by atoms with Crippen LogP contribution in [0.5, 0.6) is 0 Å². The molecule has 2 aliphatic rings. The van der Waals surface area contributed by atoms with Crippen molar-refractivity contribution in [1.82, 2.24) is 0 Å². The Morgan fingerprint density at radius 1 is 0.933 bits per heavy atom. The van der Waals surface area contributed by atoms with Crippen molar-refractivity contribution < 1.29 is 9.47 Å². The van der Waals surface area contributed by atoms with Crippen molar-refractivity contribution in [2.45, 2.75) is 58.5 Å². The van der Waals surface area contributed by atoms with Gasteiger partial charge in [-0.1, -0.05) is 19.1 Å². The van der Waals surface area contributed by atoms with Gasteiger partial charge in [-0.3, -0.25) is 0 Å². The van der Waals surface area contributed by atoms with Crippen LogP contribution >= 0.6 is 0 Å². The second kappa shape index (κ2) is 4.67. The standard InChI is InChI=1S/C13H22O2/c1-9-6-4-5-7-12(9)13-14-10(2)8-11(3)15-13/h4-5,9-13H,6-8H2,1-3H3/t9-,10-,11+,12+,13?/m1/s1. The largest absolute Gasteiger partial charge is 0.349 e. The summed E-state index contributed by atoms with van der Waals surface area (Å²) in [5, 5.41) is 0. The summed E-state index contributed by atoms with van der Waals surface area (Å²) < 4.78 is 11.8. The summed E-state index contributed by atoms with van der Waals surface area (Å²) in [6.45, 7) is 6.59. The second-order valence-corrected chi connectivity index (χ2v) is 5.08. The van der Waals surface area contributed by atoms with Crippen LogP contribution in [-0.2, 0) is 9.47 Å². The molecule has 1 fully saturated rings. The van der Waals surface area contributed by atoms with E-state index in [0.717, 1.165) is 19.3 Å². The molecule has 0 bridgehead atoms. The normalized spacial score (nSPS) is 46.7. The van der Waals surface area contributed by atoms with Gasteiger partial charge in [-0.15, -0.1) is 0 Å². The Morgan fingerprint density at radius 2 is 1.53 bits per heavy atom. The summed E-state index contributed by atoms with van der Waals surface area (Å²) in [6, 6.07) is 0. The molecule has 0 radical (unpaired) electrons. The molecule has 0 aromatic rings. The van der Waals surface area contributed by atoms with Crippen molar-refractivity contribution in [3.63, 3.8) is 0 Å². The maximum atomic E-state index is 5.91. The molecule has 2 nitrogen and oxygen atoms in total. The van der Waals surface area contributed by atoms with E-state index in [1.165, 1.54) is 0 Å². The Labute approximate surface area is 92.6 Å². The van der Waals surface area contributed by atoms with Gasteiger partial charge in [-0.25, -0.2) is 0 Å². The predicted octanol–water partition coefficient (Wildman–Crippen LogP) is 3.13. The Balaban J connectivity index is 1.99. The first-order chi connectivity index (χ1) is 7.16. The number of ether oxygens (including phenoxy) is 2. The summed E-state index contributed by atoms with van der Waals surface area (Å²) in [5.41, 5.74) is 0. The van der Waals surface area contributed by atoms with E-state index in [0.29, 0.717) is 24.0 Å². The molecule has 2 heteroatoms. The lowest BCUT2D eigenvalue weighted by molar-refractivity contribution is -0.261. The molecule has 1 saturated heterocycles. The third kappa shape index (κ3) is 2.61. The predicted molar refractivity (Wildman–Crippen MR) is 60.5 cm³/mol. The van der Waals surface area contributed by atoms with E-state index < -0.39 is 0 Å². The van der Waals surface area contributed by atoms with Crippen molar-refractivity contribution in [3.8, 4) is 0 Å². The second-order valence-electron chi connectivity index (χ2n) is 5.08. The lowest BCUT2D eigenvalue weighted by Crippen LogP contribution is -2.42. The third-order valence-electron chi connectivity index (χ3n) is 3.56. The highest BCUT2D eigenvalue weighted by atomic mass is 16.7. The summed E-state index contributed by atoms with van der Waals surface area (Å²) in [7, 11) is 0. The number of rotatable bonds is 1. The summed E-state index contributed by atoms with van der Waals surface area (Å²) in [4.78, 5) is 0. The molecule has 1 heterocycles. The van der Waals surface area contributed by atoms with Gasteiger partial charge in [-0.2, -0.15) is 0 Å². The number of hydrogen-bond acceptors (Lipinski definition) is 2. The fourth-order valence-electron chi connectivity index (χ4n) is 2.62. The number of hydrogen-bond donors (Lipinski definition) is 0. The van der Waals surface area contributed by atoms with E-state index >= 15 is 0 Å². The lowest BCUT2D eigenvalue weighted by Gasteiger charge is -2.39. The van der Waals surface area contributed by atoms with Crippen LogP contribution < -0.4 is 0 Å². The molecule has 0 amide bonds. The van der Waals surface area contributed by atoms with E-state index in [2.05, 4.69) is 32.9 Å². The highest BCUT2D eigenvalue weighted by molar-refractivity contribution is 4.94. The molecule has 0 aromatic heterocycles. The molecule has 0 spiro atoms. The van der Waals surface area contributed by atoms with Crippen LogP contribution in [0.4, 0.5) is 0 Å². The third-order valence-corrected chi connectivity index (χ3v) is 3.56. The molecule has 1 aliphatic carbocycles. The zero-order valence-electron chi connectivity index (χ0n) is 9.98. The van der Waals surface area contributed by atoms with Crippen LogP contribution in [0.1, 0.15) is 40.0 Å². The van der Waals surface area contributed by atoms with Crippen molar-refractivity contribution in [1.29, 1.82) is 0 Å². The van der Waals surface area contributed by atoms with E-state index in [1.54, 1.807) is 0 Å². The van der Waals surface area contributed by atoms with E-state index in [4.69, 9.17) is 9.47 Å². The van der Waals surface area contributed by atoms with Crippen molar-refractivity contribution in [2.24, 2.45) is 11.8 Å². The van der Waals surface area contributed by atoms with Gasteiger partial charge in [0, 0.05) is 5.92 Å². The summed E-state index contributed by atoms with van der Waals surface area (Å²) in [5.74, 6) is 1.22. The monoisotopic (exact) mass is 210 g/mol. The van der Waals surface area contributed by atoms with Gasteiger partial charge in [0.05, 0.1) is 12.2 Å². The van der Waals surface area contributed by atoms with Gasteiger partial charge in [0.1, 0.15) is 0 Å². The molecular weight excluding hydrogens is 188 g/mol. The minimum atomic E-state index is 0.0173. The van der Waals surface area contributed by atoms with E-state index in [9.17, 15) is 0 Å².